The topological polar surface area (TPSA) is 115 Å². The highest BCUT2D eigenvalue weighted by Crippen LogP contribution is 2.34. The zero-order valence-electron chi connectivity index (χ0n) is 19.9. The van der Waals surface area contributed by atoms with E-state index in [0.29, 0.717) is 48.5 Å². The van der Waals surface area contributed by atoms with Gasteiger partial charge in [-0.25, -0.2) is 8.42 Å². The molecule has 0 spiro atoms. The lowest BCUT2D eigenvalue weighted by Crippen LogP contribution is -2.32. The number of aryl methyl sites for hydroxylation is 1. The maximum absolute atomic E-state index is 12.7. The zero-order chi connectivity index (χ0) is 25.0. The first-order valence-electron chi connectivity index (χ1n) is 11.2. The highest BCUT2D eigenvalue weighted by molar-refractivity contribution is 7.92. The minimum absolute atomic E-state index is 0.149. The molecule has 0 bridgehead atoms. The van der Waals surface area contributed by atoms with Crippen molar-refractivity contribution in [2.45, 2.75) is 26.3 Å². The highest BCUT2D eigenvalue weighted by atomic mass is 32.2. The van der Waals surface area contributed by atoms with E-state index in [1.807, 2.05) is 31.2 Å². The molecule has 3 aromatic rings. The predicted octanol–water partition coefficient (Wildman–Crippen LogP) is 3.02. The molecule has 10 nitrogen and oxygen atoms in total. The van der Waals surface area contributed by atoms with Crippen LogP contribution in [0.5, 0.6) is 11.5 Å². The summed E-state index contributed by atoms with van der Waals surface area (Å²) in [6.45, 7) is 3.15. The Bertz CT molecular complexity index is 1310. The van der Waals surface area contributed by atoms with Gasteiger partial charge in [0, 0.05) is 31.6 Å². The molecule has 186 valence electrons. The summed E-state index contributed by atoms with van der Waals surface area (Å²) in [6.07, 6.45) is 1.63. The average Bonchev–Trinajstić information content (AvgIpc) is 3.29. The van der Waals surface area contributed by atoms with Gasteiger partial charge in [0.15, 0.2) is 11.5 Å². The van der Waals surface area contributed by atoms with Crippen LogP contribution in [0.1, 0.15) is 24.3 Å². The molecule has 0 radical (unpaired) electrons. The summed E-state index contributed by atoms with van der Waals surface area (Å²) in [5.74, 6) is 1.72. The molecule has 1 aliphatic heterocycles. The van der Waals surface area contributed by atoms with E-state index in [1.165, 1.54) is 9.21 Å². The number of amides is 1. The van der Waals surface area contributed by atoms with Crippen molar-refractivity contribution >= 4 is 21.6 Å². The molecule has 0 saturated heterocycles. The van der Waals surface area contributed by atoms with Crippen LogP contribution in [-0.4, -0.2) is 62.4 Å². The van der Waals surface area contributed by atoms with Gasteiger partial charge in [0.05, 0.1) is 18.5 Å². The number of benzene rings is 2. The third kappa shape index (κ3) is 6.10. The van der Waals surface area contributed by atoms with Crippen molar-refractivity contribution < 1.29 is 27.2 Å². The summed E-state index contributed by atoms with van der Waals surface area (Å²) in [4.78, 5) is 18.5. The number of carbonyl (C=O) groups is 1. The van der Waals surface area contributed by atoms with Crippen molar-refractivity contribution in [1.82, 2.24) is 15.0 Å². The van der Waals surface area contributed by atoms with Gasteiger partial charge in [-0.3, -0.25) is 9.10 Å². The maximum atomic E-state index is 12.7. The minimum Gasteiger partial charge on any atom is -0.486 e. The summed E-state index contributed by atoms with van der Waals surface area (Å²) in [7, 11) is -1.91. The van der Waals surface area contributed by atoms with Crippen LogP contribution in [0.4, 0.5) is 5.69 Å². The van der Waals surface area contributed by atoms with Gasteiger partial charge in [-0.05, 0) is 31.5 Å². The lowest BCUT2D eigenvalue weighted by molar-refractivity contribution is -0.130. The fourth-order valence-electron chi connectivity index (χ4n) is 3.75. The first-order valence-corrected chi connectivity index (χ1v) is 13.1. The number of nitrogens with zero attached hydrogens (tertiary/aromatic N) is 4. The van der Waals surface area contributed by atoms with Crippen LogP contribution in [0.2, 0.25) is 0 Å². The van der Waals surface area contributed by atoms with Gasteiger partial charge in [0.2, 0.25) is 27.6 Å². The SMILES string of the molecule is Cc1cccc(-c2noc(CN(C)C(=O)CCCN(c3ccc4c(c3)OCCO4)S(C)(=O)=O)n2)c1. The average molecular weight is 501 g/mol. The number of anilines is 1. The molecule has 2 heterocycles. The monoisotopic (exact) mass is 500 g/mol. The van der Waals surface area contributed by atoms with Gasteiger partial charge in [-0.2, -0.15) is 4.98 Å². The molecule has 1 aromatic heterocycles. The van der Waals surface area contributed by atoms with E-state index >= 15 is 0 Å². The lowest BCUT2D eigenvalue weighted by atomic mass is 10.1. The number of hydrogen-bond acceptors (Lipinski definition) is 8. The Morgan fingerprint density at radius 2 is 1.86 bits per heavy atom. The second kappa shape index (κ2) is 10.3. The molecule has 35 heavy (non-hydrogen) atoms. The molecule has 0 unspecified atom stereocenters. The number of fused-ring (bicyclic) bond motifs is 1. The second-order valence-electron chi connectivity index (χ2n) is 8.40. The quantitative estimate of drug-likeness (QED) is 0.440. The van der Waals surface area contributed by atoms with Crippen LogP contribution < -0.4 is 13.8 Å². The normalized spacial score (nSPS) is 12.9. The van der Waals surface area contributed by atoms with Crippen LogP contribution in [-0.2, 0) is 21.4 Å². The van der Waals surface area contributed by atoms with Crippen LogP contribution in [0.3, 0.4) is 0 Å². The van der Waals surface area contributed by atoms with E-state index in [2.05, 4.69) is 10.1 Å². The Kier molecular flexibility index (Phi) is 7.25. The van der Waals surface area contributed by atoms with Crippen LogP contribution >= 0.6 is 0 Å². The fraction of sp³-hybridized carbons (Fsp3) is 0.375. The third-order valence-corrected chi connectivity index (χ3v) is 6.70. The lowest BCUT2D eigenvalue weighted by Gasteiger charge is -2.25. The van der Waals surface area contributed by atoms with Crippen LogP contribution in [0.15, 0.2) is 47.0 Å². The molecule has 1 amide bonds. The van der Waals surface area contributed by atoms with Crippen LogP contribution in [0.25, 0.3) is 11.4 Å². The summed E-state index contributed by atoms with van der Waals surface area (Å²) >= 11 is 0. The highest BCUT2D eigenvalue weighted by Gasteiger charge is 2.22. The molecule has 0 fully saturated rings. The molecule has 2 aromatic carbocycles. The van der Waals surface area contributed by atoms with Crippen molar-refractivity contribution in [3.8, 4) is 22.9 Å². The molecule has 0 atom stereocenters. The van der Waals surface area contributed by atoms with Crippen molar-refractivity contribution in [2.24, 2.45) is 0 Å². The van der Waals surface area contributed by atoms with Crippen molar-refractivity contribution in [1.29, 1.82) is 0 Å². The van der Waals surface area contributed by atoms with E-state index in [0.717, 1.165) is 17.4 Å². The smallest absolute Gasteiger partial charge is 0.246 e. The number of sulfonamides is 1. The minimum atomic E-state index is -3.56. The number of rotatable bonds is 9. The van der Waals surface area contributed by atoms with Crippen molar-refractivity contribution in [3.63, 3.8) is 0 Å². The third-order valence-electron chi connectivity index (χ3n) is 5.51. The first-order chi connectivity index (χ1) is 16.7. The molecule has 0 saturated carbocycles. The molecule has 0 aliphatic carbocycles. The Labute approximate surface area is 204 Å². The Morgan fingerprint density at radius 1 is 1.09 bits per heavy atom. The number of hydrogen-bond donors (Lipinski definition) is 0. The summed E-state index contributed by atoms with van der Waals surface area (Å²) in [5, 5.41) is 4.00. The van der Waals surface area contributed by atoms with Crippen LogP contribution in [0, 0.1) is 6.92 Å². The first kappa shape index (κ1) is 24.5. The van der Waals surface area contributed by atoms with Gasteiger partial charge >= 0.3 is 0 Å². The van der Waals surface area contributed by atoms with Crippen molar-refractivity contribution in [2.75, 3.05) is 37.4 Å². The summed E-state index contributed by atoms with van der Waals surface area (Å²) in [6, 6.07) is 12.8. The molecule has 0 N–H and O–H groups in total. The maximum Gasteiger partial charge on any atom is 0.246 e. The molecule has 4 rings (SSSR count). The van der Waals surface area contributed by atoms with Gasteiger partial charge in [-0.1, -0.05) is 28.9 Å². The largest absolute Gasteiger partial charge is 0.486 e. The Balaban J connectivity index is 1.34. The van der Waals surface area contributed by atoms with Gasteiger partial charge in [0.25, 0.3) is 0 Å². The number of aromatic nitrogens is 2. The van der Waals surface area contributed by atoms with E-state index < -0.39 is 10.0 Å². The summed E-state index contributed by atoms with van der Waals surface area (Å²) < 4.78 is 42.5. The Hall–Kier alpha value is -3.60. The zero-order valence-corrected chi connectivity index (χ0v) is 20.7. The van der Waals surface area contributed by atoms with Gasteiger partial charge in [0.1, 0.15) is 13.2 Å². The van der Waals surface area contributed by atoms with E-state index in [-0.39, 0.29) is 25.4 Å². The Morgan fingerprint density at radius 3 is 2.60 bits per heavy atom. The molecule has 1 aliphatic rings. The van der Waals surface area contributed by atoms with E-state index in [1.54, 1.807) is 25.2 Å². The van der Waals surface area contributed by atoms with Gasteiger partial charge < -0.3 is 18.9 Å². The number of carbonyl (C=O) groups excluding carboxylic acids is 1. The molecule has 11 heteroatoms. The standard InChI is InChI=1S/C24H28N4O6S/c1-17-6-4-7-18(14-17)24-25-22(34-26-24)16-27(2)23(29)8-5-11-28(35(3,30)31)19-9-10-20-21(15-19)33-13-12-32-20/h4,6-7,9-10,14-15H,5,8,11-13,16H2,1-3H3. The number of ether oxygens (including phenoxy) is 2. The predicted molar refractivity (Wildman–Crippen MR) is 130 cm³/mol. The second-order valence-corrected chi connectivity index (χ2v) is 10.3. The van der Waals surface area contributed by atoms with Crippen molar-refractivity contribution in [3.05, 3.63) is 53.9 Å². The molecular formula is C24H28N4O6S. The fourth-order valence-corrected chi connectivity index (χ4v) is 4.71. The summed E-state index contributed by atoms with van der Waals surface area (Å²) in [5.41, 5.74) is 2.39. The molecular weight excluding hydrogens is 472 g/mol. The van der Waals surface area contributed by atoms with E-state index in [4.69, 9.17) is 14.0 Å². The van der Waals surface area contributed by atoms with E-state index in [9.17, 15) is 13.2 Å². The van der Waals surface area contributed by atoms with Gasteiger partial charge in [-0.15, -0.1) is 0 Å².